The van der Waals surface area contributed by atoms with Crippen LogP contribution in [0.25, 0.3) is 0 Å². The number of nitrogens with one attached hydrogen (secondary N) is 1. The van der Waals surface area contributed by atoms with Crippen molar-refractivity contribution in [3.63, 3.8) is 0 Å². The minimum absolute atomic E-state index is 0.0997. The van der Waals surface area contributed by atoms with E-state index in [2.05, 4.69) is 21.2 Å². The average Bonchev–Trinajstić information content (AvgIpc) is 2.74. The van der Waals surface area contributed by atoms with E-state index in [4.69, 9.17) is 5.26 Å². The molecule has 3 rings (SSSR count). The van der Waals surface area contributed by atoms with Crippen LogP contribution in [0.3, 0.4) is 0 Å². The number of carbonyl (C=O) groups excluding carboxylic acids is 1. The summed E-state index contributed by atoms with van der Waals surface area (Å²) in [6, 6.07) is 9.21. The molecule has 1 aromatic carbocycles. The van der Waals surface area contributed by atoms with Crippen LogP contribution in [0.1, 0.15) is 51.4 Å². The summed E-state index contributed by atoms with van der Waals surface area (Å²) >= 11 is 0. The van der Waals surface area contributed by atoms with Gasteiger partial charge >= 0.3 is 0 Å². The second-order valence-electron chi connectivity index (χ2n) is 8.39. The first-order valence-electron chi connectivity index (χ1n) is 11.0. The highest BCUT2D eigenvalue weighted by Gasteiger charge is 2.24. The molecule has 158 valence electrons. The predicted octanol–water partition coefficient (Wildman–Crippen LogP) is 3.71. The van der Waals surface area contributed by atoms with Gasteiger partial charge < -0.3 is 10.2 Å². The molecule has 0 atom stereocenters. The van der Waals surface area contributed by atoms with Crippen LogP contribution in [0.2, 0.25) is 0 Å². The molecule has 1 aliphatic heterocycles. The number of unbranched alkanes of at least 4 members (excludes halogenated alkanes) is 1. The smallest absolute Gasteiger partial charge is 0.220 e. The minimum atomic E-state index is -0.180. The Morgan fingerprint density at radius 1 is 1.10 bits per heavy atom. The molecule has 1 amide bonds. The van der Waals surface area contributed by atoms with Gasteiger partial charge in [-0.3, -0.25) is 9.69 Å². The van der Waals surface area contributed by atoms with Crippen molar-refractivity contribution in [2.75, 3.05) is 37.6 Å². The number of nitrogens with zero attached hydrogens (tertiary/aromatic N) is 3. The third kappa shape index (κ3) is 7.01. The fraction of sp³-hybridized carbons (Fsp3) is 0.652. The second-order valence-corrected chi connectivity index (χ2v) is 8.39. The zero-order valence-corrected chi connectivity index (χ0v) is 17.3. The van der Waals surface area contributed by atoms with E-state index in [1.165, 1.54) is 31.4 Å². The van der Waals surface area contributed by atoms with Crippen LogP contribution >= 0.6 is 0 Å². The zero-order valence-electron chi connectivity index (χ0n) is 17.3. The Hall–Kier alpha value is -2.13. The molecule has 1 saturated carbocycles. The van der Waals surface area contributed by atoms with Gasteiger partial charge in [-0.2, -0.15) is 5.26 Å². The molecule has 29 heavy (non-hydrogen) atoms. The van der Waals surface area contributed by atoms with Gasteiger partial charge in [-0.15, -0.1) is 0 Å². The normalized spacial score (nSPS) is 22.8. The molecule has 0 spiro atoms. The van der Waals surface area contributed by atoms with Crippen molar-refractivity contribution < 1.29 is 9.18 Å². The number of hydrogen-bond donors (Lipinski definition) is 1. The molecule has 2 fully saturated rings. The summed E-state index contributed by atoms with van der Waals surface area (Å²) in [4.78, 5) is 16.8. The molecule has 0 unspecified atom stereocenters. The Kier molecular flexibility index (Phi) is 8.30. The fourth-order valence-electron chi connectivity index (χ4n) is 4.47. The maximum Gasteiger partial charge on any atom is 0.220 e. The number of nitriles is 1. The van der Waals surface area contributed by atoms with Crippen LogP contribution < -0.4 is 10.2 Å². The molecule has 0 aromatic heterocycles. The van der Waals surface area contributed by atoms with Crippen molar-refractivity contribution in [1.82, 2.24) is 10.2 Å². The number of anilines is 1. The first-order chi connectivity index (χ1) is 14.1. The van der Waals surface area contributed by atoms with Crippen molar-refractivity contribution in [2.45, 2.75) is 57.4 Å². The van der Waals surface area contributed by atoms with Gasteiger partial charge in [-0.1, -0.05) is 0 Å². The first-order valence-corrected chi connectivity index (χ1v) is 11.0. The van der Waals surface area contributed by atoms with Gasteiger partial charge in [-0.25, -0.2) is 4.39 Å². The lowest BCUT2D eigenvalue weighted by molar-refractivity contribution is -0.122. The largest absolute Gasteiger partial charge is 0.369 e. The number of benzene rings is 1. The molecule has 0 radical (unpaired) electrons. The topological polar surface area (TPSA) is 59.4 Å². The Balaban J connectivity index is 1.29. The molecule has 1 aromatic rings. The molecule has 1 aliphatic carbocycles. The van der Waals surface area contributed by atoms with E-state index in [9.17, 15) is 9.18 Å². The van der Waals surface area contributed by atoms with Crippen LogP contribution in [0.4, 0.5) is 10.1 Å². The van der Waals surface area contributed by atoms with Gasteiger partial charge in [0.15, 0.2) is 0 Å². The molecule has 1 saturated heterocycles. The van der Waals surface area contributed by atoms with Gasteiger partial charge in [0.05, 0.1) is 6.07 Å². The molecule has 1 N–H and O–H groups in total. The van der Waals surface area contributed by atoms with Crippen LogP contribution in [-0.2, 0) is 4.79 Å². The summed E-state index contributed by atoms with van der Waals surface area (Å²) in [7, 11) is 0. The van der Waals surface area contributed by atoms with Crippen molar-refractivity contribution in [2.24, 2.45) is 5.92 Å². The van der Waals surface area contributed by atoms with Gasteiger partial charge in [0.25, 0.3) is 0 Å². The predicted molar refractivity (Wildman–Crippen MR) is 113 cm³/mol. The van der Waals surface area contributed by atoms with E-state index in [1.54, 1.807) is 0 Å². The molecule has 0 bridgehead atoms. The lowest BCUT2D eigenvalue weighted by atomic mass is 9.84. The summed E-state index contributed by atoms with van der Waals surface area (Å²) in [5.74, 6) is 0.681. The summed E-state index contributed by atoms with van der Waals surface area (Å²) in [6.45, 7) is 5.26. The van der Waals surface area contributed by atoms with Crippen LogP contribution in [0.5, 0.6) is 0 Å². The third-order valence-corrected chi connectivity index (χ3v) is 6.32. The summed E-state index contributed by atoms with van der Waals surface area (Å²) < 4.78 is 13.1. The van der Waals surface area contributed by atoms with Crippen LogP contribution in [0, 0.1) is 23.1 Å². The third-order valence-electron chi connectivity index (χ3n) is 6.32. The van der Waals surface area contributed by atoms with Crippen LogP contribution in [-0.4, -0.2) is 49.6 Å². The molecule has 2 aliphatic rings. The van der Waals surface area contributed by atoms with E-state index in [1.807, 2.05) is 12.1 Å². The van der Waals surface area contributed by atoms with E-state index in [0.717, 1.165) is 57.2 Å². The number of amides is 1. The summed E-state index contributed by atoms with van der Waals surface area (Å²) in [5.41, 5.74) is 1.11. The SMILES string of the molecule is N#CCCCC(=O)NC1CCC(CCN2CCN(c3ccc(F)cc3)CC2)CC1. The molecule has 6 heteroatoms. The Bertz CT molecular complexity index is 671. The lowest BCUT2D eigenvalue weighted by Crippen LogP contribution is -2.47. The van der Waals surface area contributed by atoms with Crippen molar-refractivity contribution in [1.29, 1.82) is 5.26 Å². The lowest BCUT2D eigenvalue weighted by Gasteiger charge is -2.37. The van der Waals surface area contributed by atoms with E-state index in [0.29, 0.717) is 25.3 Å². The van der Waals surface area contributed by atoms with E-state index >= 15 is 0 Å². The minimum Gasteiger partial charge on any atom is -0.369 e. The van der Waals surface area contributed by atoms with Gasteiger partial charge in [0.1, 0.15) is 5.82 Å². The van der Waals surface area contributed by atoms with Crippen molar-refractivity contribution in [3.05, 3.63) is 30.1 Å². The zero-order chi connectivity index (χ0) is 20.5. The van der Waals surface area contributed by atoms with Gasteiger partial charge in [0.2, 0.25) is 5.91 Å². The Morgan fingerprint density at radius 2 is 1.79 bits per heavy atom. The Labute approximate surface area is 173 Å². The standard InChI is InChI=1S/C23H33FN4O/c24-20-6-10-22(11-7-20)28-17-15-27(16-18-28)14-12-19-4-8-21(9-5-19)26-23(29)3-1-2-13-25/h6-7,10-11,19,21H,1-5,8-9,12,14-18H2,(H,26,29). The number of rotatable bonds is 8. The van der Waals surface area contributed by atoms with Gasteiger partial charge in [0, 0.05) is 50.7 Å². The number of carbonyl (C=O) groups is 1. The molecular formula is C23H33FN4O. The maximum absolute atomic E-state index is 13.1. The number of halogens is 1. The summed E-state index contributed by atoms with van der Waals surface area (Å²) in [5, 5.41) is 11.7. The maximum atomic E-state index is 13.1. The number of hydrogen-bond acceptors (Lipinski definition) is 4. The van der Waals surface area contributed by atoms with E-state index in [-0.39, 0.29) is 11.7 Å². The summed E-state index contributed by atoms with van der Waals surface area (Å²) in [6.07, 6.45) is 7.36. The van der Waals surface area contributed by atoms with Crippen LogP contribution in [0.15, 0.2) is 24.3 Å². The number of piperazine rings is 1. The van der Waals surface area contributed by atoms with Gasteiger partial charge in [-0.05, 0) is 75.3 Å². The highest BCUT2D eigenvalue weighted by molar-refractivity contribution is 5.76. The average molecular weight is 401 g/mol. The quantitative estimate of drug-likeness (QED) is 0.676. The Morgan fingerprint density at radius 3 is 2.45 bits per heavy atom. The first kappa shape index (κ1) is 21.6. The fourth-order valence-corrected chi connectivity index (χ4v) is 4.47. The molecular weight excluding hydrogens is 367 g/mol. The highest BCUT2D eigenvalue weighted by atomic mass is 19.1. The van der Waals surface area contributed by atoms with Crippen molar-refractivity contribution in [3.8, 4) is 6.07 Å². The monoisotopic (exact) mass is 400 g/mol. The molecule has 5 nitrogen and oxygen atoms in total. The van der Waals surface area contributed by atoms with Crippen molar-refractivity contribution >= 4 is 11.6 Å². The van der Waals surface area contributed by atoms with E-state index < -0.39 is 0 Å². The molecule has 1 heterocycles. The second kappa shape index (κ2) is 11.2. The highest BCUT2D eigenvalue weighted by Crippen LogP contribution is 2.27.